The Balaban J connectivity index is 1.97. The highest BCUT2D eigenvalue weighted by atomic mass is 32.1. The van der Waals surface area contributed by atoms with Gasteiger partial charge in [0.2, 0.25) is 0 Å². The highest BCUT2D eigenvalue weighted by Gasteiger charge is 2.23. The van der Waals surface area contributed by atoms with Crippen molar-refractivity contribution in [2.45, 2.75) is 25.5 Å². The molecule has 0 saturated carbocycles. The number of ether oxygens (including phenoxy) is 2. The van der Waals surface area contributed by atoms with Gasteiger partial charge in [-0.1, -0.05) is 12.1 Å². The molecule has 0 amide bonds. The van der Waals surface area contributed by atoms with Crippen LogP contribution in [0.5, 0.6) is 11.5 Å². The van der Waals surface area contributed by atoms with Crippen molar-refractivity contribution in [3.8, 4) is 11.5 Å². The van der Waals surface area contributed by atoms with Crippen LogP contribution in [0.3, 0.4) is 0 Å². The van der Waals surface area contributed by atoms with Crippen LogP contribution in [0.25, 0.3) is 0 Å². The van der Waals surface area contributed by atoms with E-state index in [1.807, 2.05) is 13.1 Å². The smallest absolute Gasteiger partial charge is 0.134 e. The van der Waals surface area contributed by atoms with Gasteiger partial charge < -0.3 is 14.8 Å². The molecule has 2 aromatic rings. The first-order valence-electron chi connectivity index (χ1n) is 6.81. The molecule has 1 aromatic heterocycles. The molecule has 4 heteroatoms. The number of hydrogen-bond acceptors (Lipinski definition) is 4. The molecule has 1 aliphatic heterocycles. The summed E-state index contributed by atoms with van der Waals surface area (Å²) in [5.74, 6) is 1.97. The van der Waals surface area contributed by atoms with Crippen molar-refractivity contribution in [3.63, 3.8) is 0 Å². The maximum Gasteiger partial charge on any atom is 0.134 e. The zero-order valence-corrected chi connectivity index (χ0v) is 12.8. The quantitative estimate of drug-likeness (QED) is 0.936. The highest BCUT2D eigenvalue weighted by molar-refractivity contribution is 7.10. The highest BCUT2D eigenvalue weighted by Crippen LogP contribution is 2.37. The van der Waals surface area contributed by atoms with E-state index < -0.39 is 0 Å². The van der Waals surface area contributed by atoms with Gasteiger partial charge in [0.05, 0.1) is 18.0 Å². The van der Waals surface area contributed by atoms with Gasteiger partial charge >= 0.3 is 0 Å². The van der Waals surface area contributed by atoms with E-state index in [1.54, 1.807) is 18.4 Å². The summed E-state index contributed by atoms with van der Waals surface area (Å²) in [5, 5.41) is 5.45. The molecule has 3 nitrogen and oxygen atoms in total. The Kier molecular flexibility index (Phi) is 3.68. The molecule has 106 valence electrons. The maximum atomic E-state index is 5.77. The monoisotopic (exact) mass is 289 g/mol. The summed E-state index contributed by atoms with van der Waals surface area (Å²) in [6.45, 7) is 2.11. The van der Waals surface area contributed by atoms with Gasteiger partial charge in [0.1, 0.15) is 17.6 Å². The van der Waals surface area contributed by atoms with Crippen LogP contribution in [0.1, 0.15) is 29.0 Å². The second kappa shape index (κ2) is 5.46. The van der Waals surface area contributed by atoms with Crippen molar-refractivity contribution >= 4 is 11.3 Å². The lowest BCUT2D eigenvalue weighted by Gasteiger charge is -2.17. The van der Waals surface area contributed by atoms with Gasteiger partial charge in [-0.2, -0.15) is 0 Å². The van der Waals surface area contributed by atoms with Gasteiger partial charge in [0.25, 0.3) is 0 Å². The van der Waals surface area contributed by atoms with E-state index in [2.05, 4.69) is 35.8 Å². The summed E-state index contributed by atoms with van der Waals surface area (Å²) in [4.78, 5) is 1.21. The summed E-state index contributed by atoms with van der Waals surface area (Å²) < 4.78 is 11.2. The molecule has 0 bridgehead atoms. The third-order valence-electron chi connectivity index (χ3n) is 3.68. The Labute approximate surface area is 123 Å². The Morgan fingerprint density at radius 2 is 2.25 bits per heavy atom. The fourth-order valence-electron chi connectivity index (χ4n) is 2.76. The molecule has 20 heavy (non-hydrogen) atoms. The fourth-order valence-corrected chi connectivity index (χ4v) is 3.75. The minimum absolute atomic E-state index is 0.158. The normalized spacial score (nSPS) is 18.4. The van der Waals surface area contributed by atoms with E-state index in [4.69, 9.17) is 9.47 Å². The van der Waals surface area contributed by atoms with Crippen LogP contribution < -0.4 is 14.8 Å². The van der Waals surface area contributed by atoms with Crippen molar-refractivity contribution in [3.05, 3.63) is 45.6 Å². The third kappa shape index (κ3) is 2.30. The van der Waals surface area contributed by atoms with Crippen LogP contribution in [0.4, 0.5) is 0 Å². The number of hydrogen-bond donors (Lipinski definition) is 1. The van der Waals surface area contributed by atoms with E-state index in [9.17, 15) is 0 Å². The molecule has 2 unspecified atom stereocenters. The molecule has 1 aliphatic rings. The summed E-state index contributed by atoms with van der Waals surface area (Å²) in [7, 11) is 3.70. The molecule has 2 heterocycles. The lowest BCUT2D eigenvalue weighted by molar-refractivity contribution is 0.254. The van der Waals surface area contributed by atoms with E-state index in [1.165, 1.54) is 16.0 Å². The predicted octanol–water partition coefficient (Wildman–Crippen LogP) is 3.39. The van der Waals surface area contributed by atoms with Crippen LogP contribution in [0.2, 0.25) is 0 Å². The Hall–Kier alpha value is -1.52. The second-order valence-electron chi connectivity index (χ2n) is 5.07. The van der Waals surface area contributed by atoms with Crippen molar-refractivity contribution in [2.24, 2.45) is 0 Å². The van der Waals surface area contributed by atoms with Crippen LogP contribution in [0.15, 0.2) is 29.6 Å². The molecular weight excluding hydrogens is 270 g/mol. The van der Waals surface area contributed by atoms with Crippen molar-refractivity contribution in [1.82, 2.24) is 5.32 Å². The number of fused-ring (bicyclic) bond motifs is 1. The van der Waals surface area contributed by atoms with E-state index in [0.29, 0.717) is 0 Å². The minimum Gasteiger partial charge on any atom is -0.496 e. The zero-order chi connectivity index (χ0) is 14.1. The van der Waals surface area contributed by atoms with Gasteiger partial charge in [0.15, 0.2) is 0 Å². The molecule has 0 fully saturated rings. The molecule has 0 radical (unpaired) electrons. The molecule has 0 saturated heterocycles. The lowest BCUT2D eigenvalue weighted by Crippen LogP contribution is -2.17. The fraction of sp³-hybridized carbons (Fsp3) is 0.375. The largest absolute Gasteiger partial charge is 0.496 e. The molecule has 0 aliphatic carbocycles. The molecule has 2 atom stereocenters. The van der Waals surface area contributed by atoms with Gasteiger partial charge in [-0.3, -0.25) is 0 Å². The lowest BCUT2D eigenvalue weighted by atomic mass is 10.0. The molecule has 1 aromatic carbocycles. The average Bonchev–Trinajstić information content (AvgIpc) is 3.04. The maximum absolute atomic E-state index is 5.77. The Morgan fingerprint density at radius 3 is 3.00 bits per heavy atom. The Morgan fingerprint density at radius 1 is 1.40 bits per heavy atom. The number of nitrogens with one attached hydrogen (secondary N) is 1. The van der Waals surface area contributed by atoms with E-state index in [-0.39, 0.29) is 12.1 Å². The van der Waals surface area contributed by atoms with Crippen molar-refractivity contribution < 1.29 is 9.47 Å². The summed E-state index contributed by atoms with van der Waals surface area (Å²) >= 11 is 1.72. The summed E-state index contributed by atoms with van der Waals surface area (Å²) in [5.41, 5.74) is 2.55. The van der Waals surface area contributed by atoms with Crippen LogP contribution in [-0.4, -0.2) is 20.3 Å². The average molecular weight is 289 g/mol. The van der Waals surface area contributed by atoms with Gasteiger partial charge in [-0.15, -0.1) is 11.3 Å². The molecule has 1 N–H and O–H groups in total. The van der Waals surface area contributed by atoms with E-state index in [0.717, 1.165) is 17.9 Å². The summed E-state index contributed by atoms with van der Waals surface area (Å²) in [6, 6.07) is 8.64. The van der Waals surface area contributed by atoms with Gasteiger partial charge in [-0.25, -0.2) is 0 Å². The van der Waals surface area contributed by atoms with Crippen LogP contribution >= 0.6 is 11.3 Å². The molecular formula is C16H19NO2S. The van der Waals surface area contributed by atoms with E-state index >= 15 is 0 Å². The first-order valence-corrected chi connectivity index (χ1v) is 7.69. The number of rotatable bonds is 4. The topological polar surface area (TPSA) is 30.5 Å². The number of thiophene rings is 1. The summed E-state index contributed by atoms with van der Waals surface area (Å²) in [6.07, 6.45) is 1.27. The standard InChI is InChI=1S/C16H19NO2S/c1-10-8-12-9-11(4-5-13(12)19-10)15(17-2)16-14(18-3)6-7-20-16/h4-7,9-10,15,17H,8H2,1-3H3. The van der Waals surface area contributed by atoms with Crippen molar-refractivity contribution in [1.29, 1.82) is 0 Å². The number of benzene rings is 1. The Bertz CT molecular complexity index is 608. The van der Waals surface area contributed by atoms with Crippen LogP contribution in [-0.2, 0) is 6.42 Å². The molecule has 0 spiro atoms. The first-order chi connectivity index (χ1) is 9.72. The van der Waals surface area contributed by atoms with Crippen molar-refractivity contribution in [2.75, 3.05) is 14.2 Å². The van der Waals surface area contributed by atoms with Gasteiger partial charge in [0, 0.05) is 6.42 Å². The SMILES string of the molecule is CNC(c1ccc2c(c1)CC(C)O2)c1sccc1OC. The van der Waals surface area contributed by atoms with Gasteiger partial charge in [-0.05, 0) is 42.6 Å². The zero-order valence-electron chi connectivity index (χ0n) is 12.0. The second-order valence-corrected chi connectivity index (χ2v) is 6.02. The third-order valence-corrected chi connectivity index (χ3v) is 4.64. The van der Waals surface area contributed by atoms with Crippen LogP contribution in [0, 0.1) is 0 Å². The minimum atomic E-state index is 0.158. The molecule has 3 rings (SSSR count). The first kappa shape index (κ1) is 13.5. The number of methoxy groups -OCH3 is 1. The predicted molar refractivity (Wildman–Crippen MR) is 82.0 cm³/mol.